The molecule has 2 aromatic carbocycles. The molecule has 2 aromatic rings. The van der Waals surface area contributed by atoms with Gasteiger partial charge in [-0.05, 0) is 67.3 Å². The van der Waals surface area contributed by atoms with Crippen molar-refractivity contribution in [1.29, 1.82) is 0 Å². The van der Waals surface area contributed by atoms with Crippen LogP contribution in [0.25, 0.3) is 0 Å². The Labute approximate surface area is 201 Å². The van der Waals surface area contributed by atoms with Gasteiger partial charge in [-0.1, -0.05) is 102 Å². The summed E-state index contributed by atoms with van der Waals surface area (Å²) >= 11 is 0. The molecule has 0 amide bonds. The first-order valence-electron chi connectivity index (χ1n) is 13.3. The van der Waals surface area contributed by atoms with Gasteiger partial charge in [0.2, 0.25) is 0 Å². The third-order valence-electron chi connectivity index (χ3n) is 6.22. The number of unbranched alkanes of at least 4 members (excludes halogenated alkanes) is 8. The molecule has 0 N–H and O–H groups in total. The van der Waals surface area contributed by atoms with Crippen molar-refractivity contribution >= 4 is 6.16 Å². The lowest BCUT2D eigenvalue weighted by Crippen LogP contribution is -2.16. The maximum absolute atomic E-state index is 12.8. The van der Waals surface area contributed by atoms with Crippen molar-refractivity contribution in [1.82, 2.24) is 0 Å². The van der Waals surface area contributed by atoms with Crippen molar-refractivity contribution in [3.8, 4) is 11.5 Å². The Morgan fingerprint density at radius 2 is 1.09 bits per heavy atom. The van der Waals surface area contributed by atoms with Crippen LogP contribution in [0.4, 0.5) is 4.79 Å². The number of para-hydroxylation sites is 1. The van der Waals surface area contributed by atoms with Gasteiger partial charge in [0.05, 0.1) is 0 Å². The Morgan fingerprint density at radius 3 is 1.82 bits per heavy atom. The van der Waals surface area contributed by atoms with E-state index in [4.69, 9.17) is 9.47 Å². The van der Waals surface area contributed by atoms with E-state index < -0.39 is 6.16 Å². The van der Waals surface area contributed by atoms with Crippen LogP contribution in [0.1, 0.15) is 108 Å². The van der Waals surface area contributed by atoms with Crippen LogP contribution in [0.15, 0.2) is 42.5 Å². The number of hydrogen-bond acceptors (Lipinski definition) is 3. The largest absolute Gasteiger partial charge is 0.519 e. The molecule has 0 unspecified atom stereocenters. The van der Waals surface area contributed by atoms with Gasteiger partial charge in [0.25, 0.3) is 0 Å². The zero-order chi connectivity index (χ0) is 23.7. The summed E-state index contributed by atoms with van der Waals surface area (Å²) in [5.41, 5.74) is 3.55. The van der Waals surface area contributed by atoms with E-state index in [1.54, 1.807) is 0 Å². The van der Waals surface area contributed by atoms with Gasteiger partial charge in [0.15, 0.2) is 0 Å². The van der Waals surface area contributed by atoms with Crippen molar-refractivity contribution in [3.63, 3.8) is 0 Å². The zero-order valence-electron chi connectivity index (χ0n) is 21.2. The van der Waals surface area contributed by atoms with Crippen molar-refractivity contribution < 1.29 is 14.3 Å². The fourth-order valence-corrected chi connectivity index (χ4v) is 4.27. The van der Waals surface area contributed by atoms with E-state index in [2.05, 4.69) is 26.8 Å². The third-order valence-corrected chi connectivity index (χ3v) is 6.22. The van der Waals surface area contributed by atoms with Crippen LogP contribution in [0.2, 0.25) is 0 Å². The SMILES string of the molecule is CCCCCCc1cccc(OC(=O)Oc2ccccc2CCCCC)c1CCCCCC. The Morgan fingerprint density at radius 1 is 0.576 bits per heavy atom. The summed E-state index contributed by atoms with van der Waals surface area (Å²) in [5, 5.41) is 0. The first-order chi connectivity index (χ1) is 16.2. The Hall–Kier alpha value is -2.29. The predicted molar refractivity (Wildman–Crippen MR) is 138 cm³/mol. The molecule has 0 saturated carbocycles. The van der Waals surface area contributed by atoms with Crippen molar-refractivity contribution in [2.75, 3.05) is 0 Å². The van der Waals surface area contributed by atoms with Crippen LogP contribution in [-0.2, 0) is 19.3 Å². The highest BCUT2D eigenvalue weighted by molar-refractivity contribution is 5.68. The van der Waals surface area contributed by atoms with Gasteiger partial charge in [-0.3, -0.25) is 0 Å². The van der Waals surface area contributed by atoms with Crippen LogP contribution in [0, 0.1) is 0 Å². The molecule has 2 rings (SSSR count). The average Bonchev–Trinajstić information content (AvgIpc) is 2.82. The maximum atomic E-state index is 12.8. The number of ether oxygens (including phenoxy) is 2. The number of carbonyl (C=O) groups excluding carboxylic acids is 1. The summed E-state index contributed by atoms with van der Waals surface area (Å²) in [4.78, 5) is 12.8. The van der Waals surface area contributed by atoms with Crippen molar-refractivity contribution in [3.05, 3.63) is 59.2 Å². The van der Waals surface area contributed by atoms with Gasteiger partial charge in [0.1, 0.15) is 11.5 Å². The molecule has 0 atom stereocenters. The number of carbonyl (C=O) groups is 1. The highest BCUT2D eigenvalue weighted by Gasteiger charge is 2.16. The molecular weight excluding hydrogens is 408 g/mol. The first-order valence-corrected chi connectivity index (χ1v) is 13.3. The maximum Gasteiger partial charge on any atom is 0.519 e. The summed E-state index contributed by atoms with van der Waals surface area (Å²) in [5.74, 6) is 1.27. The molecule has 33 heavy (non-hydrogen) atoms. The summed E-state index contributed by atoms with van der Waals surface area (Å²) in [7, 11) is 0. The van der Waals surface area contributed by atoms with Gasteiger partial charge >= 0.3 is 6.16 Å². The number of hydrogen-bond donors (Lipinski definition) is 0. The van der Waals surface area contributed by atoms with Crippen molar-refractivity contribution in [2.45, 2.75) is 111 Å². The minimum absolute atomic E-state index is 0.610. The second kappa shape index (κ2) is 16.3. The minimum atomic E-state index is -0.643. The summed E-state index contributed by atoms with van der Waals surface area (Å²) in [6, 6.07) is 13.9. The van der Waals surface area contributed by atoms with Gasteiger partial charge < -0.3 is 9.47 Å². The van der Waals surface area contributed by atoms with E-state index in [1.807, 2.05) is 36.4 Å². The zero-order valence-corrected chi connectivity index (χ0v) is 21.2. The molecule has 0 aromatic heterocycles. The minimum Gasteiger partial charge on any atom is -0.394 e. The number of rotatable bonds is 16. The molecule has 3 heteroatoms. The van der Waals surface area contributed by atoms with Gasteiger partial charge in [0, 0.05) is 0 Å². The standard InChI is InChI=1S/C30H44O3/c1-4-7-10-13-18-25-21-17-24-29(27(25)22-14-11-8-5-2)33-30(31)32-28-23-16-15-20-26(28)19-12-9-6-3/h15-17,20-21,23-24H,4-14,18-19,22H2,1-3H3. The van der Waals surface area contributed by atoms with Crippen molar-refractivity contribution in [2.24, 2.45) is 0 Å². The molecule has 0 aliphatic rings. The van der Waals surface area contributed by atoms with E-state index in [0.29, 0.717) is 11.5 Å². The molecule has 0 fully saturated rings. The smallest absolute Gasteiger partial charge is 0.394 e. The topological polar surface area (TPSA) is 35.5 Å². The van der Waals surface area contributed by atoms with Crippen LogP contribution >= 0.6 is 0 Å². The Kier molecular flexibility index (Phi) is 13.4. The fraction of sp³-hybridized carbons (Fsp3) is 0.567. The Balaban J connectivity index is 2.10. The molecule has 0 saturated heterocycles. The first kappa shape index (κ1) is 27.0. The van der Waals surface area contributed by atoms with Crippen LogP contribution in [-0.4, -0.2) is 6.16 Å². The molecule has 0 aliphatic carbocycles. The average molecular weight is 453 g/mol. The lowest BCUT2D eigenvalue weighted by Gasteiger charge is -2.16. The monoisotopic (exact) mass is 452 g/mol. The Bertz CT molecular complexity index is 812. The molecule has 0 aliphatic heterocycles. The summed E-state index contributed by atoms with van der Waals surface area (Å²) < 4.78 is 11.5. The molecule has 0 heterocycles. The van der Waals surface area contributed by atoms with Crippen LogP contribution in [0.5, 0.6) is 11.5 Å². The van der Waals surface area contributed by atoms with Crippen LogP contribution in [0.3, 0.4) is 0 Å². The van der Waals surface area contributed by atoms with E-state index in [-0.39, 0.29) is 0 Å². The highest BCUT2D eigenvalue weighted by Crippen LogP contribution is 2.28. The van der Waals surface area contributed by atoms with Crippen LogP contribution < -0.4 is 9.47 Å². The lowest BCUT2D eigenvalue weighted by molar-refractivity contribution is 0.151. The quantitative estimate of drug-likeness (QED) is 0.145. The molecular formula is C30H44O3. The van der Waals surface area contributed by atoms with Gasteiger partial charge in [-0.15, -0.1) is 0 Å². The highest BCUT2D eigenvalue weighted by atomic mass is 16.7. The van der Waals surface area contributed by atoms with E-state index >= 15 is 0 Å². The summed E-state index contributed by atoms with van der Waals surface area (Å²) in [6.07, 6.45) is 15.4. The summed E-state index contributed by atoms with van der Waals surface area (Å²) in [6.45, 7) is 6.66. The molecule has 3 nitrogen and oxygen atoms in total. The lowest BCUT2D eigenvalue weighted by atomic mass is 9.96. The van der Waals surface area contributed by atoms with E-state index in [0.717, 1.165) is 37.7 Å². The van der Waals surface area contributed by atoms with E-state index in [9.17, 15) is 4.79 Å². The number of aryl methyl sites for hydroxylation is 2. The van der Waals surface area contributed by atoms with Gasteiger partial charge in [-0.2, -0.15) is 0 Å². The second-order valence-electron chi connectivity index (χ2n) is 9.03. The predicted octanol–water partition coefficient (Wildman–Crippen LogP) is 9.24. The fourth-order valence-electron chi connectivity index (χ4n) is 4.27. The normalized spacial score (nSPS) is 10.9. The van der Waals surface area contributed by atoms with E-state index in [1.165, 1.54) is 68.9 Å². The molecule has 0 bridgehead atoms. The number of benzene rings is 2. The van der Waals surface area contributed by atoms with Gasteiger partial charge in [-0.25, -0.2) is 4.79 Å². The third kappa shape index (κ3) is 10.0. The molecule has 0 spiro atoms. The second-order valence-corrected chi connectivity index (χ2v) is 9.03. The molecule has 0 radical (unpaired) electrons. The molecule has 182 valence electrons.